The Balaban J connectivity index is 1.86. The van der Waals surface area contributed by atoms with E-state index in [1.54, 1.807) is 13.2 Å². The highest BCUT2D eigenvalue weighted by atomic mass is 16.5. The highest BCUT2D eigenvalue weighted by Crippen LogP contribution is 2.35. The number of anilines is 1. The second-order valence-corrected chi connectivity index (χ2v) is 6.11. The molecule has 0 atom stereocenters. The number of rotatable bonds is 7. The highest BCUT2D eigenvalue weighted by Gasteiger charge is 2.15. The number of ether oxygens (including phenoxy) is 3. The molecule has 0 fully saturated rings. The zero-order valence-electron chi connectivity index (χ0n) is 15.4. The van der Waals surface area contributed by atoms with Crippen LogP contribution in [-0.2, 0) is 6.61 Å². The van der Waals surface area contributed by atoms with Gasteiger partial charge < -0.3 is 19.9 Å². The first-order valence-electron chi connectivity index (χ1n) is 8.70. The molecular formula is C21H24N2O3. The van der Waals surface area contributed by atoms with Crippen molar-refractivity contribution in [1.82, 2.24) is 4.98 Å². The zero-order chi connectivity index (χ0) is 18.5. The fourth-order valence-electron chi connectivity index (χ4n) is 2.78. The Kier molecular flexibility index (Phi) is 5.46. The van der Waals surface area contributed by atoms with Gasteiger partial charge in [-0.3, -0.25) is 4.98 Å². The number of pyridine rings is 1. The lowest BCUT2D eigenvalue weighted by Gasteiger charge is -2.17. The van der Waals surface area contributed by atoms with Crippen molar-refractivity contribution in [3.05, 3.63) is 53.7 Å². The predicted octanol–water partition coefficient (Wildman–Crippen LogP) is 4.50. The summed E-state index contributed by atoms with van der Waals surface area (Å²) in [4.78, 5) is 4.51. The van der Waals surface area contributed by atoms with Crippen molar-refractivity contribution < 1.29 is 14.2 Å². The molecular weight excluding hydrogens is 328 g/mol. The lowest BCUT2D eigenvalue weighted by atomic mass is 10.1. The van der Waals surface area contributed by atoms with Crippen LogP contribution in [0.2, 0.25) is 0 Å². The molecule has 0 aliphatic heterocycles. The van der Waals surface area contributed by atoms with E-state index in [-0.39, 0.29) is 0 Å². The van der Waals surface area contributed by atoms with Crippen molar-refractivity contribution in [2.24, 2.45) is 0 Å². The van der Waals surface area contributed by atoms with Crippen LogP contribution in [0.25, 0.3) is 10.9 Å². The number of methoxy groups -OCH3 is 1. The van der Waals surface area contributed by atoms with Gasteiger partial charge in [0, 0.05) is 11.1 Å². The van der Waals surface area contributed by atoms with E-state index in [0.29, 0.717) is 30.4 Å². The van der Waals surface area contributed by atoms with Gasteiger partial charge in [-0.1, -0.05) is 13.0 Å². The summed E-state index contributed by atoms with van der Waals surface area (Å²) in [7, 11) is 1.63. The summed E-state index contributed by atoms with van der Waals surface area (Å²) in [5.74, 6) is 2.08. The summed E-state index contributed by atoms with van der Waals surface area (Å²) in [6.07, 6.45) is 0.897. The predicted molar refractivity (Wildman–Crippen MR) is 104 cm³/mol. The number of nitrogen functional groups attached to an aromatic ring is 1. The largest absolute Gasteiger partial charge is 0.496 e. The summed E-state index contributed by atoms with van der Waals surface area (Å²) < 4.78 is 17.3. The molecule has 0 aliphatic rings. The fourth-order valence-corrected chi connectivity index (χ4v) is 2.78. The van der Waals surface area contributed by atoms with Gasteiger partial charge in [0.15, 0.2) is 5.75 Å². The third-order valence-corrected chi connectivity index (χ3v) is 4.10. The molecule has 3 aromatic rings. The Bertz CT molecular complexity index is 909. The van der Waals surface area contributed by atoms with Crippen LogP contribution >= 0.6 is 0 Å². The molecule has 0 amide bonds. The number of nitrogens with two attached hydrogens (primary N) is 1. The quantitative estimate of drug-likeness (QED) is 0.634. The maximum Gasteiger partial charge on any atom is 0.152 e. The van der Waals surface area contributed by atoms with E-state index in [9.17, 15) is 0 Å². The maximum atomic E-state index is 6.10. The lowest BCUT2D eigenvalue weighted by molar-refractivity contribution is 0.272. The van der Waals surface area contributed by atoms with Gasteiger partial charge in [-0.2, -0.15) is 0 Å². The van der Waals surface area contributed by atoms with Crippen LogP contribution in [0.1, 0.15) is 24.6 Å². The van der Waals surface area contributed by atoms with Crippen molar-refractivity contribution in [2.75, 3.05) is 19.5 Å². The standard InChI is InChI=1S/C21H24N2O3/c1-4-11-25-21-17(20(24-3)10-8-18(21)22)13-26-16-7-9-19-15(12-16)6-5-14(2)23-19/h5-10,12H,4,11,13,22H2,1-3H3. The SMILES string of the molecule is CCCOc1c(N)ccc(OC)c1COc1ccc2nc(C)ccc2c1. The topological polar surface area (TPSA) is 66.6 Å². The highest BCUT2D eigenvalue weighted by molar-refractivity contribution is 5.80. The number of hydrogen-bond donors (Lipinski definition) is 1. The molecule has 0 saturated carbocycles. The monoisotopic (exact) mass is 352 g/mol. The summed E-state index contributed by atoms with van der Waals surface area (Å²) in [5.41, 5.74) is 9.43. The first-order chi connectivity index (χ1) is 12.6. The van der Waals surface area contributed by atoms with Crippen LogP contribution in [0.15, 0.2) is 42.5 Å². The molecule has 0 spiro atoms. The van der Waals surface area contributed by atoms with Gasteiger partial charge in [0.1, 0.15) is 18.1 Å². The summed E-state index contributed by atoms with van der Waals surface area (Å²) >= 11 is 0. The number of hydrogen-bond acceptors (Lipinski definition) is 5. The molecule has 2 aromatic carbocycles. The van der Waals surface area contributed by atoms with E-state index in [4.69, 9.17) is 19.9 Å². The molecule has 1 aromatic heterocycles. The molecule has 26 heavy (non-hydrogen) atoms. The smallest absolute Gasteiger partial charge is 0.152 e. The molecule has 3 rings (SSSR count). The molecule has 5 heteroatoms. The van der Waals surface area contributed by atoms with Gasteiger partial charge in [-0.25, -0.2) is 0 Å². The number of aromatic nitrogens is 1. The normalized spacial score (nSPS) is 10.7. The minimum absolute atomic E-state index is 0.304. The summed E-state index contributed by atoms with van der Waals surface area (Å²) in [5, 5.41) is 1.04. The Hall–Kier alpha value is -2.95. The molecule has 0 radical (unpaired) electrons. The van der Waals surface area contributed by atoms with Crippen molar-refractivity contribution in [1.29, 1.82) is 0 Å². The van der Waals surface area contributed by atoms with Gasteiger partial charge >= 0.3 is 0 Å². The number of fused-ring (bicyclic) bond motifs is 1. The van der Waals surface area contributed by atoms with E-state index in [0.717, 1.165) is 34.3 Å². The van der Waals surface area contributed by atoms with E-state index in [1.165, 1.54) is 0 Å². The molecule has 2 N–H and O–H groups in total. The van der Waals surface area contributed by atoms with E-state index in [2.05, 4.69) is 11.9 Å². The molecule has 0 aliphatic carbocycles. The second kappa shape index (κ2) is 7.95. The Morgan fingerprint density at radius 3 is 2.65 bits per heavy atom. The number of aryl methyl sites for hydroxylation is 1. The molecule has 1 heterocycles. The van der Waals surface area contributed by atoms with Gasteiger partial charge in [0.2, 0.25) is 0 Å². The number of benzene rings is 2. The van der Waals surface area contributed by atoms with Gasteiger partial charge in [0.25, 0.3) is 0 Å². The van der Waals surface area contributed by atoms with Crippen LogP contribution in [-0.4, -0.2) is 18.7 Å². The van der Waals surface area contributed by atoms with Crippen molar-refractivity contribution in [2.45, 2.75) is 26.9 Å². The summed E-state index contributed by atoms with van der Waals surface area (Å²) in [6.45, 7) is 4.93. The Morgan fingerprint density at radius 2 is 1.88 bits per heavy atom. The van der Waals surface area contributed by atoms with Crippen LogP contribution < -0.4 is 19.9 Å². The van der Waals surface area contributed by atoms with Crippen LogP contribution in [0.3, 0.4) is 0 Å². The van der Waals surface area contributed by atoms with E-state index < -0.39 is 0 Å². The number of nitrogens with zero attached hydrogens (tertiary/aromatic N) is 1. The van der Waals surface area contributed by atoms with Gasteiger partial charge in [0.05, 0.1) is 30.5 Å². The van der Waals surface area contributed by atoms with Crippen LogP contribution in [0.4, 0.5) is 5.69 Å². The van der Waals surface area contributed by atoms with Crippen molar-refractivity contribution >= 4 is 16.6 Å². The summed E-state index contributed by atoms with van der Waals surface area (Å²) in [6, 6.07) is 13.5. The van der Waals surface area contributed by atoms with Gasteiger partial charge in [-0.05, 0) is 49.7 Å². The molecule has 0 unspecified atom stereocenters. The van der Waals surface area contributed by atoms with E-state index in [1.807, 2.05) is 43.3 Å². The average Bonchev–Trinajstić information content (AvgIpc) is 2.65. The zero-order valence-corrected chi connectivity index (χ0v) is 15.4. The molecule has 5 nitrogen and oxygen atoms in total. The minimum atomic E-state index is 0.304. The molecule has 0 saturated heterocycles. The average molecular weight is 352 g/mol. The van der Waals surface area contributed by atoms with E-state index >= 15 is 0 Å². The Labute approximate surface area is 153 Å². The third kappa shape index (κ3) is 3.82. The van der Waals surface area contributed by atoms with Crippen LogP contribution in [0.5, 0.6) is 17.2 Å². The first-order valence-corrected chi connectivity index (χ1v) is 8.70. The third-order valence-electron chi connectivity index (χ3n) is 4.10. The lowest BCUT2D eigenvalue weighted by Crippen LogP contribution is -2.07. The van der Waals surface area contributed by atoms with Crippen molar-refractivity contribution in [3.63, 3.8) is 0 Å². The minimum Gasteiger partial charge on any atom is -0.496 e. The fraction of sp³-hybridized carbons (Fsp3) is 0.286. The maximum absolute atomic E-state index is 6.10. The van der Waals surface area contributed by atoms with Crippen LogP contribution in [0, 0.1) is 6.92 Å². The second-order valence-electron chi connectivity index (χ2n) is 6.11. The molecule has 136 valence electrons. The van der Waals surface area contributed by atoms with Gasteiger partial charge in [-0.15, -0.1) is 0 Å². The first kappa shape index (κ1) is 17.9. The molecule has 0 bridgehead atoms. The van der Waals surface area contributed by atoms with Crippen molar-refractivity contribution in [3.8, 4) is 17.2 Å². The Morgan fingerprint density at radius 1 is 1.04 bits per heavy atom.